The Labute approximate surface area is 141 Å². The molecule has 7 nitrogen and oxygen atoms in total. The van der Waals surface area contributed by atoms with Crippen LogP contribution in [0.1, 0.15) is 5.69 Å². The third kappa shape index (κ3) is 2.86. The average Bonchev–Trinajstić information content (AvgIpc) is 3.28. The van der Waals surface area contributed by atoms with E-state index in [0.29, 0.717) is 11.6 Å². The summed E-state index contributed by atoms with van der Waals surface area (Å²) in [6, 6.07) is 9.27. The third-order valence-electron chi connectivity index (χ3n) is 3.36. The SMILES string of the molecule is Cc1nscc1Nc1nccc(-c2cccc(-c3ccon3)n2)n1. The van der Waals surface area contributed by atoms with Crippen molar-refractivity contribution in [3.8, 4) is 22.8 Å². The summed E-state index contributed by atoms with van der Waals surface area (Å²) >= 11 is 1.39. The zero-order chi connectivity index (χ0) is 16.4. The molecule has 8 heteroatoms. The van der Waals surface area contributed by atoms with E-state index in [1.54, 1.807) is 12.3 Å². The summed E-state index contributed by atoms with van der Waals surface area (Å²) in [6.45, 7) is 1.94. The van der Waals surface area contributed by atoms with Gasteiger partial charge in [-0.3, -0.25) is 0 Å². The van der Waals surface area contributed by atoms with E-state index in [-0.39, 0.29) is 0 Å². The molecule has 0 radical (unpaired) electrons. The van der Waals surface area contributed by atoms with Crippen LogP contribution in [0.3, 0.4) is 0 Å². The van der Waals surface area contributed by atoms with E-state index in [4.69, 9.17) is 4.52 Å². The maximum absolute atomic E-state index is 4.87. The molecule has 0 aliphatic carbocycles. The fourth-order valence-corrected chi connectivity index (χ4v) is 2.80. The van der Waals surface area contributed by atoms with Gasteiger partial charge in [-0.15, -0.1) is 0 Å². The normalized spacial score (nSPS) is 10.7. The van der Waals surface area contributed by atoms with Gasteiger partial charge in [0.05, 0.1) is 28.5 Å². The van der Waals surface area contributed by atoms with Crippen LogP contribution in [0.15, 0.2) is 52.7 Å². The number of aromatic nitrogens is 5. The minimum atomic E-state index is 0.504. The van der Waals surface area contributed by atoms with Crippen molar-refractivity contribution in [1.29, 1.82) is 0 Å². The summed E-state index contributed by atoms with van der Waals surface area (Å²) in [5, 5.41) is 9.01. The predicted octanol–water partition coefficient (Wildman–Crippen LogP) is 3.70. The van der Waals surface area contributed by atoms with E-state index in [9.17, 15) is 0 Å². The van der Waals surface area contributed by atoms with Crippen molar-refractivity contribution < 1.29 is 4.52 Å². The minimum absolute atomic E-state index is 0.504. The molecule has 0 saturated heterocycles. The van der Waals surface area contributed by atoms with E-state index < -0.39 is 0 Å². The van der Waals surface area contributed by atoms with Crippen molar-refractivity contribution >= 4 is 23.2 Å². The number of nitrogens with zero attached hydrogens (tertiary/aromatic N) is 5. The Kier molecular flexibility index (Phi) is 3.72. The fraction of sp³-hybridized carbons (Fsp3) is 0.0625. The van der Waals surface area contributed by atoms with Crippen molar-refractivity contribution in [2.24, 2.45) is 0 Å². The summed E-state index contributed by atoms with van der Waals surface area (Å²) in [4.78, 5) is 13.4. The number of anilines is 2. The van der Waals surface area contributed by atoms with Crippen LogP contribution in [0, 0.1) is 6.92 Å². The molecule has 0 spiro atoms. The maximum Gasteiger partial charge on any atom is 0.227 e. The molecule has 4 rings (SSSR count). The first-order chi connectivity index (χ1) is 11.8. The second-order valence-electron chi connectivity index (χ2n) is 5.00. The van der Waals surface area contributed by atoms with Crippen LogP contribution in [0.5, 0.6) is 0 Å². The molecule has 0 aliphatic heterocycles. The Morgan fingerprint density at radius 2 is 1.83 bits per heavy atom. The number of aryl methyl sites for hydroxylation is 1. The molecular formula is C16H12N6OS. The zero-order valence-electron chi connectivity index (χ0n) is 12.7. The van der Waals surface area contributed by atoms with Crippen LogP contribution in [0.4, 0.5) is 11.6 Å². The van der Waals surface area contributed by atoms with Gasteiger partial charge in [0, 0.05) is 17.6 Å². The van der Waals surface area contributed by atoms with Crippen LogP contribution in [0.2, 0.25) is 0 Å². The van der Waals surface area contributed by atoms with Gasteiger partial charge in [0.15, 0.2) is 0 Å². The Bertz CT molecular complexity index is 966. The topological polar surface area (TPSA) is 89.6 Å². The highest BCUT2D eigenvalue weighted by Gasteiger charge is 2.09. The van der Waals surface area contributed by atoms with Crippen LogP contribution in [-0.4, -0.2) is 24.5 Å². The molecule has 0 saturated carbocycles. The summed E-state index contributed by atoms with van der Waals surface area (Å²) in [7, 11) is 0. The van der Waals surface area contributed by atoms with Gasteiger partial charge in [-0.2, -0.15) is 4.37 Å². The molecule has 0 amide bonds. The Hall–Kier alpha value is -3.13. The first-order valence-electron chi connectivity index (χ1n) is 7.19. The zero-order valence-corrected chi connectivity index (χ0v) is 13.5. The number of nitrogens with one attached hydrogen (secondary N) is 1. The lowest BCUT2D eigenvalue weighted by Gasteiger charge is -2.06. The lowest BCUT2D eigenvalue weighted by molar-refractivity contribution is 0.422. The third-order valence-corrected chi connectivity index (χ3v) is 4.08. The maximum atomic E-state index is 4.87. The average molecular weight is 336 g/mol. The van der Waals surface area contributed by atoms with Crippen molar-refractivity contribution in [2.45, 2.75) is 6.92 Å². The largest absolute Gasteiger partial charge is 0.364 e. The van der Waals surface area contributed by atoms with Gasteiger partial charge in [0.2, 0.25) is 5.95 Å². The predicted molar refractivity (Wildman–Crippen MR) is 90.9 cm³/mol. The van der Waals surface area contributed by atoms with Crippen molar-refractivity contribution in [2.75, 3.05) is 5.32 Å². The highest BCUT2D eigenvalue weighted by atomic mass is 32.1. The first-order valence-corrected chi connectivity index (χ1v) is 8.02. The summed E-state index contributed by atoms with van der Waals surface area (Å²) in [5.41, 5.74) is 4.69. The quantitative estimate of drug-likeness (QED) is 0.607. The van der Waals surface area contributed by atoms with Gasteiger partial charge in [0.1, 0.15) is 12.0 Å². The molecular weight excluding hydrogens is 324 g/mol. The molecule has 0 aliphatic rings. The van der Waals surface area contributed by atoms with Gasteiger partial charge < -0.3 is 9.84 Å². The minimum Gasteiger partial charge on any atom is -0.364 e. The number of hydrogen-bond acceptors (Lipinski definition) is 8. The van der Waals surface area contributed by atoms with Crippen LogP contribution in [-0.2, 0) is 0 Å². The summed E-state index contributed by atoms with van der Waals surface area (Å²) < 4.78 is 9.10. The Morgan fingerprint density at radius 1 is 1.00 bits per heavy atom. The highest BCUT2D eigenvalue weighted by molar-refractivity contribution is 7.04. The van der Waals surface area contributed by atoms with E-state index in [1.165, 1.54) is 17.8 Å². The van der Waals surface area contributed by atoms with E-state index in [2.05, 4.69) is 29.8 Å². The van der Waals surface area contributed by atoms with Gasteiger partial charge in [-0.1, -0.05) is 11.2 Å². The van der Waals surface area contributed by atoms with E-state index in [1.807, 2.05) is 36.6 Å². The molecule has 24 heavy (non-hydrogen) atoms. The number of hydrogen-bond donors (Lipinski definition) is 1. The fourth-order valence-electron chi connectivity index (χ4n) is 2.16. The smallest absolute Gasteiger partial charge is 0.227 e. The second-order valence-corrected chi connectivity index (χ2v) is 5.63. The number of pyridine rings is 1. The van der Waals surface area contributed by atoms with Crippen LogP contribution in [0.25, 0.3) is 22.8 Å². The first kappa shape index (κ1) is 14.5. The van der Waals surface area contributed by atoms with Gasteiger partial charge in [-0.25, -0.2) is 15.0 Å². The molecule has 0 bridgehead atoms. The van der Waals surface area contributed by atoms with E-state index >= 15 is 0 Å². The molecule has 118 valence electrons. The number of rotatable bonds is 4. The lowest BCUT2D eigenvalue weighted by atomic mass is 10.2. The van der Waals surface area contributed by atoms with Crippen molar-refractivity contribution in [3.63, 3.8) is 0 Å². The molecule has 0 unspecified atom stereocenters. The van der Waals surface area contributed by atoms with Crippen LogP contribution < -0.4 is 5.32 Å². The van der Waals surface area contributed by atoms with Crippen molar-refractivity contribution in [1.82, 2.24) is 24.5 Å². The van der Waals surface area contributed by atoms with Gasteiger partial charge >= 0.3 is 0 Å². The van der Waals surface area contributed by atoms with E-state index in [0.717, 1.165) is 28.5 Å². The second kappa shape index (κ2) is 6.17. The highest BCUT2D eigenvalue weighted by Crippen LogP contribution is 2.23. The Balaban J connectivity index is 1.66. The molecule has 1 N–H and O–H groups in total. The van der Waals surface area contributed by atoms with Crippen LogP contribution >= 0.6 is 11.5 Å². The molecule has 4 heterocycles. The van der Waals surface area contributed by atoms with Crippen molar-refractivity contribution in [3.05, 3.63) is 53.9 Å². The summed E-state index contributed by atoms with van der Waals surface area (Å²) in [5.74, 6) is 0.504. The van der Waals surface area contributed by atoms with Gasteiger partial charge in [-0.05, 0) is 36.7 Å². The molecule has 0 atom stereocenters. The molecule has 4 aromatic heterocycles. The standard InChI is InChI=1S/C16H12N6OS/c1-10-15(9-24-22-10)20-16-17-7-5-13(19-16)11-3-2-4-12(18-11)14-6-8-23-21-14/h2-9H,1H3,(H,17,19,20). The lowest BCUT2D eigenvalue weighted by Crippen LogP contribution is -1.99. The van der Waals surface area contributed by atoms with Gasteiger partial charge in [0.25, 0.3) is 0 Å². The molecule has 0 fully saturated rings. The molecule has 0 aromatic carbocycles. The monoisotopic (exact) mass is 336 g/mol. The molecule has 4 aromatic rings. The Morgan fingerprint density at radius 3 is 2.58 bits per heavy atom. The summed E-state index contributed by atoms with van der Waals surface area (Å²) in [6.07, 6.45) is 3.22.